The predicted molar refractivity (Wildman–Crippen MR) is 69.5 cm³/mol. The number of nitrogens with one attached hydrogen (secondary N) is 1. The van der Waals surface area contributed by atoms with Crippen LogP contribution in [-0.2, 0) is 0 Å². The Morgan fingerprint density at radius 1 is 1.29 bits per heavy atom. The van der Waals surface area contributed by atoms with E-state index < -0.39 is 0 Å². The predicted octanol–water partition coefficient (Wildman–Crippen LogP) is 2.19. The first-order valence-electron chi connectivity index (χ1n) is 6.68. The maximum Gasteiger partial charge on any atom is 0.191 e. The quantitative estimate of drug-likeness (QED) is 0.597. The molecule has 94 valence electrons. The van der Waals surface area contributed by atoms with Crippen molar-refractivity contribution >= 4 is 11.8 Å². The van der Waals surface area contributed by atoms with Gasteiger partial charge in [0.15, 0.2) is 5.16 Å². The summed E-state index contributed by atoms with van der Waals surface area (Å²) >= 11 is 1.85. The molecule has 0 saturated heterocycles. The zero-order chi connectivity index (χ0) is 11.7. The summed E-state index contributed by atoms with van der Waals surface area (Å²) in [5.74, 6) is 3.06. The van der Waals surface area contributed by atoms with Gasteiger partial charge in [0.1, 0.15) is 5.82 Å². The molecule has 0 radical (unpaired) electrons. The molecule has 3 rings (SSSR count). The van der Waals surface area contributed by atoms with Gasteiger partial charge >= 0.3 is 0 Å². The Bertz CT molecular complexity index is 382. The summed E-state index contributed by atoms with van der Waals surface area (Å²) in [6.45, 7) is 4.24. The first-order valence-corrected chi connectivity index (χ1v) is 7.67. The fraction of sp³-hybridized carbons (Fsp3) is 0.833. The topological polar surface area (TPSA) is 42.7 Å². The van der Waals surface area contributed by atoms with Crippen LogP contribution in [0.1, 0.15) is 50.4 Å². The van der Waals surface area contributed by atoms with Crippen LogP contribution in [0.4, 0.5) is 0 Å². The van der Waals surface area contributed by atoms with E-state index in [0.717, 1.165) is 24.0 Å². The zero-order valence-electron chi connectivity index (χ0n) is 10.4. The van der Waals surface area contributed by atoms with Crippen molar-refractivity contribution in [3.05, 3.63) is 5.82 Å². The van der Waals surface area contributed by atoms with Crippen LogP contribution in [-0.4, -0.2) is 33.6 Å². The van der Waals surface area contributed by atoms with Crippen molar-refractivity contribution in [1.29, 1.82) is 0 Å². The number of aromatic nitrogens is 3. The molecule has 0 amide bonds. The van der Waals surface area contributed by atoms with Gasteiger partial charge < -0.3 is 9.88 Å². The molecule has 1 N–H and O–H groups in total. The van der Waals surface area contributed by atoms with E-state index in [1.54, 1.807) is 0 Å². The van der Waals surface area contributed by atoms with Crippen LogP contribution < -0.4 is 5.32 Å². The lowest BCUT2D eigenvalue weighted by atomic mass is 10.4. The van der Waals surface area contributed by atoms with E-state index in [4.69, 9.17) is 0 Å². The monoisotopic (exact) mass is 252 g/mol. The van der Waals surface area contributed by atoms with Crippen molar-refractivity contribution in [3.8, 4) is 0 Å². The Morgan fingerprint density at radius 3 is 2.76 bits per heavy atom. The van der Waals surface area contributed by atoms with Crippen molar-refractivity contribution in [2.75, 3.05) is 18.8 Å². The second-order valence-electron chi connectivity index (χ2n) is 4.92. The smallest absolute Gasteiger partial charge is 0.191 e. The molecular weight excluding hydrogens is 232 g/mol. The largest absolute Gasteiger partial charge is 0.316 e. The second kappa shape index (κ2) is 4.98. The standard InChI is InChI=1S/C12H20N4S/c1-2-13-7-8-17-12-15-14-11(9-3-4-9)16(12)10-5-6-10/h9-10,13H,2-8H2,1H3. The molecule has 1 aromatic rings. The van der Waals surface area contributed by atoms with E-state index >= 15 is 0 Å². The molecule has 0 atom stereocenters. The van der Waals surface area contributed by atoms with Gasteiger partial charge in [0.2, 0.25) is 0 Å². The van der Waals surface area contributed by atoms with Crippen LogP contribution >= 0.6 is 11.8 Å². The van der Waals surface area contributed by atoms with Gasteiger partial charge in [0, 0.05) is 24.3 Å². The van der Waals surface area contributed by atoms with E-state index in [1.165, 1.54) is 31.5 Å². The van der Waals surface area contributed by atoms with Crippen LogP contribution in [0.3, 0.4) is 0 Å². The van der Waals surface area contributed by atoms with E-state index in [-0.39, 0.29) is 0 Å². The van der Waals surface area contributed by atoms with Crippen molar-refractivity contribution in [1.82, 2.24) is 20.1 Å². The lowest BCUT2D eigenvalue weighted by Crippen LogP contribution is -2.16. The second-order valence-corrected chi connectivity index (χ2v) is 5.98. The summed E-state index contributed by atoms with van der Waals surface area (Å²) < 4.78 is 2.42. The Labute approximate surface area is 107 Å². The minimum Gasteiger partial charge on any atom is -0.316 e. The molecule has 17 heavy (non-hydrogen) atoms. The number of hydrogen-bond acceptors (Lipinski definition) is 4. The summed E-state index contributed by atoms with van der Waals surface area (Å²) in [6, 6.07) is 0.710. The Balaban J connectivity index is 1.66. The summed E-state index contributed by atoms with van der Waals surface area (Å²) in [4.78, 5) is 0. The fourth-order valence-corrected chi connectivity index (χ4v) is 2.98. The van der Waals surface area contributed by atoms with Gasteiger partial charge in [-0.2, -0.15) is 0 Å². The van der Waals surface area contributed by atoms with Crippen molar-refractivity contribution < 1.29 is 0 Å². The molecule has 1 heterocycles. The molecule has 0 aliphatic heterocycles. The third-order valence-corrected chi connectivity index (χ3v) is 4.25. The van der Waals surface area contributed by atoms with Crippen molar-refractivity contribution in [2.45, 2.75) is 49.7 Å². The van der Waals surface area contributed by atoms with E-state index in [0.29, 0.717) is 12.0 Å². The third-order valence-electron chi connectivity index (χ3n) is 3.31. The number of nitrogens with zero attached hydrogens (tertiary/aromatic N) is 3. The molecule has 2 fully saturated rings. The molecule has 2 saturated carbocycles. The third kappa shape index (κ3) is 2.65. The maximum atomic E-state index is 4.41. The van der Waals surface area contributed by atoms with Crippen molar-refractivity contribution in [2.24, 2.45) is 0 Å². The highest BCUT2D eigenvalue weighted by atomic mass is 32.2. The van der Waals surface area contributed by atoms with Crippen molar-refractivity contribution in [3.63, 3.8) is 0 Å². The van der Waals surface area contributed by atoms with E-state index in [1.807, 2.05) is 11.8 Å². The van der Waals surface area contributed by atoms with Gasteiger partial charge in [-0.25, -0.2) is 0 Å². The molecule has 0 spiro atoms. The van der Waals surface area contributed by atoms with Crippen LogP contribution in [0.5, 0.6) is 0 Å². The molecular formula is C12H20N4S. The normalized spacial score (nSPS) is 19.8. The Hall–Kier alpha value is -0.550. The van der Waals surface area contributed by atoms with E-state index in [9.17, 15) is 0 Å². The SMILES string of the molecule is CCNCCSc1nnc(C2CC2)n1C1CC1. The molecule has 0 bridgehead atoms. The summed E-state index contributed by atoms with van der Waals surface area (Å²) in [7, 11) is 0. The van der Waals surface area contributed by atoms with Gasteiger partial charge in [-0.15, -0.1) is 10.2 Å². The lowest BCUT2D eigenvalue weighted by Gasteiger charge is -2.07. The van der Waals surface area contributed by atoms with Gasteiger partial charge in [0.25, 0.3) is 0 Å². The minimum absolute atomic E-state index is 0.710. The van der Waals surface area contributed by atoms with Gasteiger partial charge in [-0.05, 0) is 32.2 Å². The summed E-state index contributed by atoms with van der Waals surface area (Å²) in [6.07, 6.45) is 5.26. The Morgan fingerprint density at radius 2 is 2.12 bits per heavy atom. The van der Waals surface area contributed by atoms with Gasteiger partial charge in [0.05, 0.1) is 0 Å². The molecule has 0 unspecified atom stereocenters. The molecule has 1 aromatic heterocycles. The molecule has 2 aliphatic rings. The van der Waals surface area contributed by atoms with E-state index in [2.05, 4.69) is 27.0 Å². The number of thioether (sulfide) groups is 1. The molecule has 2 aliphatic carbocycles. The first-order chi connectivity index (χ1) is 8.40. The van der Waals surface area contributed by atoms with Crippen LogP contribution in [0, 0.1) is 0 Å². The van der Waals surface area contributed by atoms with Gasteiger partial charge in [-0.3, -0.25) is 0 Å². The van der Waals surface area contributed by atoms with Crippen LogP contribution in [0.25, 0.3) is 0 Å². The first kappa shape index (κ1) is 11.5. The number of rotatable bonds is 7. The number of hydrogen-bond donors (Lipinski definition) is 1. The highest BCUT2D eigenvalue weighted by Crippen LogP contribution is 2.45. The maximum absolute atomic E-state index is 4.41. The van der Waals surface area contributed by atoms with Crippen LogP contribution in [0.2, 0.25) is 0 Å². The molecule has 4 nitrogen and oxygen atoms in total. The zero-order valence-corrected chi connectivity index (χ0v) is 11.2. The molecule has 0 aromatic carbocycles. The summed E-state index contributed by atoms with van der Waals surface area (Å²) in [5, 5.41) is 13.3. The van der Waals surface area contributed by atoms with Gasteiger partial charge in [-0.1, -0.05) is 18.7 Å². The highest BCUT2D eigenvalue weighted by Gasteiger charge is 2.36. The highest BCUT2D eigenvalue weighted by molar-refractivity contribution is 7.99. The average molecular weight is 252 g/mol. The minimum atomic E-state index is 0.710. The summed E-state index contributed by atoms with van der Waals surface area (Å²) in [5.41, 5.74) is 0. The lowest BCUT2D eigenvalue weighted by molar-refractivity contribution is 0.626. The average Bonchev–Trinajstić information content (AvgIpc) is 3.23. The van der Waals surface area contributed by atoms with Crippen LogP contribution in [0.15, 0.2) is 5.16 Å². The fourth-order valence-electron chi connectivity index (χ4n) is 2.07. The molecule has 5 heteroatoms. The Kier molecular flexibility index (Phi) is 3.38.